The van der Waals surface area contributed by atoms with E-state index in [2.05, 4.69) is 16.1 Å². The molecule has 0 saturated carbocycles. The van der Waals surface area contributed by atoms with Crippen molar-refractivity contribution in [2.75, 3.05) is 18.5 Å². The quantitative estimate of drug-likeness (QED) is 0.629. The van der Waals surface area contributed by atoms with Crippen molar-refractivity contribution in [3.63, 3.8) is 0 Å². The number of rotatable bonds is 7. The second kappa shape index (κ2) is 9.38. The molecule has 0 radical (unpaired) electrons. The van der Waals surface area contributed by atoms with Crippen LogP contribution < -0.4 is 10.0 Å². The van der Waals surface area contributed by atoms with Gasteiger partial charge in [0.05, 0.1) is 16.0 Å². The van der Waals surface area contributed by atoms with Gasteiger partial charge in [-0.3, -0.25) is 4.79 Å². The number of nitrogens with zero attached hydrogens (tertiary/aromatic N) is 1. The summed E-state index contributed by atoms with van der Waals surface area (Å²) < 4.78 is 31.5. The van der Waals surface area contributed by atoms with Crippen LogP contribution in [0.5, 0.6) is 0 Å². The van der Waals surface area contributed by atoms with E-state index in [1.807, 2.05) is 0 Å². The van der Waals surface area contributed by atoms with E-state index in [9.17, 15) is 23.3 Å². The Hall–Kier alpha value is -2.74. The first-order chi connectivity index (χ1) is 14.4. The van der Waals surface area contributed by atoms with E-state index in [1.54, 1.807) is 6.92 Å². The minimum Gasteiger partial charge on any atom is -0.452 e. The molecule has 3 rings (SSSR count). The monoisotopic (exact) mass is 447 g/mol. The first kappa shape index (κ1) is 22.0. The van der Waals surface area contributed by atoms with E-state index in [0.717, 1.165) is 36.1 Å². The lowest BCUT2D eigenvalue weighted by Gasteiger charge is -2.09. The zero-order chi connectivity index (χ0) is 21.7. The molecule has 2 aromatic rings. The van der Waals surface area contributed by atoms with Crippen LogP contribution in [0, 0.1) is 11.3 Å². The number of aryl methyl sites for hydroxylation is 1. The number of anilines is 1. The number of nitriles is 1. The van der Waals surface area contributed by atoms with Gasteiger partial charge < -0.3 is 10.1 Å². The Morgan fingerprint density at radius 2 is 2.03 bits per heavy atom. The maximum Gasteiger partial charge on any atom is 0.338 e. The van der Waals surface area contributed by atoms with Crippen molar-refractivity contribution in [1.82, 2.24) is 4.72 Å². The van der Waals surface area contributed by atoms with Gasteiger partial charge in [0.2, 0.25) is 10.0 Å². The molecular weight excluding hydrogens is 426 g/mol. The molecular formula is C20H21N3O5S2. The molecule has 8 nitrogen and oxygen atoms in total. The molecule has 1 aliphatic carbocycles. The molecule has 1 aliphatic rings. The molecule has 0 saturated heterocycles. The number of benzene rings is 1. The second-order valence-electron chi connectivity index (χ2n) is 6.68. The van der Waals surface area contributed by atoms with Crippen molar-refractivity contribution in [2.45, 2.75) is 37.5 Å². The van der Waals surface area contributed by atoms with Crippen LogP contribution in [0.2, 0.25) is 0 Å². The van der Waals surface area contributed by atoms with E-state index in [1.165, 1.54) is 35.6 Å². The molecule has 1 aromatic carbocycles. The first-order valence-electron chi connectivity index (χ1n) is 9.47. The molecule has 2 N–H and O–H groups in total. The molecule has 1 aromatic heterocycles. The smallest absolute Gasteiger partial charge is 0.338 e. The highest BCUT2D eigenvalue weighted by Gasteiger charge is 2.22. The molecule has 30 heavy (non-hydrogen) atoms. The molecule has 0 bridgehead atoms. The van der Waals surface area contributed by atoms with Gasteiger partial charge in [0, 0.05) is 11.4 Å². The second-order valence-corrected chi connectivity index (χ2v) is 9.55. The third-order valence-corrected chi connectivity index (χ3v) is 7.34. The highest BCUT2D eigenvalue weighted by atomic mass is 32.2. The largest absolute Gasteiger partial charge is 0.452 e. The molecule has 0 fully saturated rings. The lowest BCUT2D eigenvalue weighted by molar-refractivity contribution is -0.119. The Labute approximate surface area is 178 Å². The van der Waals surface area contributed by atoms with E-state index in [4.69, 9.17) is 4.74 Å². The highest BCUT2D eigenvalue weighted by molar-refractivity contribution is 7.89. The van der Waals surface area contributed by atoms with E-state index < -0.39 is 28.5 Å². The zero-order valence-electron chi connectivity index (χ0n) is 16.4. The van der Waals surface area contributed by atoms with Crippen molar-refractivity contribution >= 4 is 38.2 Å². The average Bonchev–Trinajstić information content (AvgIpc) is 3.08. The van der Waals surface area contributed by atoms with Crippen molar-refractivity contribution in [3.8, 4) is 6.07 Å². The minimum absolute atomic E-state index is 0.0195. The maximum atomic E-state index is 12.3. The standard InChI is InChI=1S/C20H21N3O5S2/c1-2-22-30(26,27)14-7-5-6-13(10-14)20(25)28-12-18(24)23-19-16(11-21)15-8-3-4-9-17(15)29-19/h5-7,10,22H,2-4,8-9,12H2,1H3,(H,23,24). The number of ether oxygens (including phenoxy) is 1. The van der Waals surface area contributed by atoms with E-state index >= 15 is 0 Å². The van der Waals surface area contributed by atoms with Crippen LogP contribution in [-0.2, 0) is 32.4 Å². The fraction of sp³-hybridized carbons (Fsp3) is 0.350. The summed E-state index contributed by atoms with van der Waals surface area (Å²) in [5, 5.41) is 12.6. The summed E-state index contributed by atoms with van der Waals surface area (Å²) in [6.45, 7) is 1.32. The Balaban J connectivity index is 1.64. The summed E-state index contributed by atoms with van der Waals surface area (Å²) >= 11 is 1.39. The summed E-state index contributed by atoms with van der Waals surface area (Å²) in [4.78, 5) is 25.5. The number of carbonyl (C=O) groups is 2. The number of fused-ring (bicyclic) bond motifs is 1. The van der Waals surface area contributed by atoms with Crippen molar-refractivity contribution in [1.29, 1.82) is 5.26 Å². The molecule has 10 heteroatoms. The van der Waals surface area contributed by atoms with Gasteiger partial charge in [-0.05, 0) is 49.4 Å². The molecule has 0 aliphatic heterocycles. The topological polar surface area (TPSA) is 125 Å². The van der Waals surface area contributed by atoms with Gasteiger partial charge >= 0.3 is 5.97 Å². The van der Waals surface area contributed by atoms with Crippen molar-refractivity contribution in [3.05, 3.63) is 45.8 Å². The molecule has 158 valence electrons. The molecule has 0 spiro atoms. The fourth-order valence-corrected chi connectivity index (χ4v) is 5.56. The van der Waals surface area contributed by atoms with Crippen LogP contribution in [0.3, 0.4) is 0 Å². The van der Waals surface area contributed by atoms with Crippen LogP contribution in [0.1, 0.15) is 46.1 Å². The molecule has 1 heterocycles. The summed E-state index contributed by atoms with van der Waals surface area (Å²) in [7, 11) is -3.71. The molecule has 0 unspecified atom stereocenters. The third-order valence-electron chi connectivity index (χ3n) is 4.58. The van der Waals surface area contributed by atoms with Gasteiger partial charge in [0.15, 0.2) is 6.61 Å². The molecule has 0 atom stereocenters. The van der Waals surface area contributed by atoms with Gasteiger partial charge in [-0.15, -0.1) is 11.3 Å². The Morgan fingerprint density at radius 1 is 1.27 bits per heavy atom. The average molecular weight is 448 g/mol. The zero-order valence-corrected chi connectivity index (χ0v) is 18.0. The predicted molar refractivity (Wildman–Crippen MR) is 112 cm³/mol. The number of nitrogens with one attached hydrogen (secondary N) is 2. The number of amides is 1. The number of esters is 1. The lowest BCUT2D eigenvalue weighted by atomic mass is 9.96. The Bertz CT molecular complexity index is 1120. The van der Waals surface area contributed by atoms with E-state index in [0.29, 0.717) is 10.6 Å². The van der Waals surface area contributed by atoms with Crippen molar-refractivity contribution in [2.24, 2.45) is 0 Å². The number of hydrogen-bond acceptors (Lipinski definition) is 7. The van der Waals surface area contributed by atoms with Gasteiger partial charge in [-0.2, -0.15) is 5.26 Å². The Morgan fingerprint density at radius 3 is 2.77 bits per heavy atom. The lowest BCUT2D eigenvalue weighted by Crippen LogP contribution is -2.24. The SMILES string of the molecule is CCNS(=O)(=O)c1cccc(C(=O)OCC(=O)Nc2sc3c(c2C#N)CCCC3)c1. The van der Waals surface area contributed by atoms with Crippen LogP contribution in [-0.4, -0.2) is 33.4 Å². The van der Waals surface area contributed by atoms with Crippen LogP contribution in [0.25, 0.3) is 0 Å². The van der Waals surface area contributed by atoms with Crippen LogP contribution >= 0.6 is 11.3 Å². The summed E-state index contributed by atoms with van der Waals surface area (Å²) in [6.07, 6.45) is 3.80. The summed E-state index contributed by atoms with van der Waals surface area (Å²) in [5.41, 5.74) is 1.50. The van der Waals surface area contributed by atoms with Gasteiger partial charge in [-0.25, -0.2) is 17.9 Å². The predicted octanol–water partition coefficient (Wildman–Crippen LogP) is 2.59. The number of sulfonamides is 1. The third kappa shape index (κ3) is 4.87. The summed E-state index contributed by atoms with van der Waals surface area (Å²) in [5.74, 6) is -1.38. The molecule has 1 amide bonds. The van der Waals surface area contributed by atoms with Gasteiger partial charge in [0.1, 0.15) is 11.1 Å². The fourth-order valence-electron chi connectivity index (χ4n) is 3.21. The van der Waals surface area contributed by atoms with Crippen molar-refractivity contribution < 1.29 is 22.7 Å². The highest BCUT2D eigenvalue weighted by Crippen LogP contribution is 2.37. The Kier molecular flexibility index (Phi) is 6.87. The van der Waals surface area contributed by atoms with Crippen LogP contribution in [0.15, 0.2) is 29.2 Å². The first-order valence-corrected chi connectivity index (χ1v) is 11.8. The minimum atomic E-state index is -3.71. The van der Waals surface area contributed by atoms with Crippen LogP contribution in [0.4, 0.5) is 5.00 Å². The number of carbonyl (C=O) groups excluding carboxylic acids is 2. The van der Waals surface area contributed by atoms with Gasteiger partial charge in [0.25, 0.3) is 5.91 Å². The summed E-state index contributed by atoms with van der Waals surface area (Å²) in [6, 6.07) is 7.55. The normalized spacial score (nSPS) is 13.2. The van der Waals surface area contributed by atoms with E-state index in [-0.39, 0.29) is 17.0 Å². The number of hydrogen-bond donors (Lipinski definition) is 2. The maximum absolute atomic E-state index is 12.3. The number of thiophene rings is 1. The van der Waals surface area contributed by atoms with Gasteiger partial charge in [-0.1, -0.05) is 13.0 Å².